The fourth-order valence-corrected chi connectivity index (χ4v) is 7.20. The molecule has 2 saturated heterocycles. The van der Waals surface area contributed by atoms with Crippen molar-refractivity contribution in [2.75, 3.05) is 13.2 Å². The van der Waals surface area contributed by atoms with Crippen LogP contribution < -0.4 is 0 Å². The summed E-state index contributed by atoms with van der Waals surface area (Å²) in [6.07, 6.45) is 7.05. The van der Waals surface area contributed by atoms with Gasteiger partial charge in [-0.3, -0.25) is 0 Å². The predicted molar refractivity (Wildman–Crippen MR) is 152 cm³/mol. The van der Waals surface area contributed by atoms with Gasteiger partial charge in [-0.2, -0.15) is 10.2 Å². The number of nitrogens with zero attached hydrogens (tertiary/aromatic N) is 4. The third-order valence-electron chi connectivity index (χ3n) is 6.85. The summed E-state index contributed by atoms with van der Waals surface area (Å²) in [6, 6.07) is 0. The highest BCUT2D eigenvalue weighted by Crippen LogP contribution is 2.37. The average molecular weight is 525 g/mol. The van der Waals surface area contributed by atoms with Gasteiger partial charge in [-0.05, 0) is 99.3 Å². The summed E-state index contributed by atoms with van der Waals surface area (Å²) in [5.74, 6) is 0. The van der Waals surface area contributed by atoms with E-state index in [0.29, 0.717) is 0 Å². The standard InChI is InChI=1S/2C14H18N2OS/c1-9(2)13-14-12(10(3)8-18-14)15-16(13)11-6-4-5-7-17-11;1-9(2)12-14-13(10(3)8-18-14)16(15-12)11-6-4-5-7-17-11/h2*8,11H,1,4-7H2,2-3H3. The van der Waals surface area contributed by atoms with Crippen molar-refractivity contribution in [2.45, 2.75) is 78.7 Å². The molecule has 2 fully saturated rings. The van der Waals surface area contributed by atoms with Crippen molar-refractivity contribution < 1.29 is 9.47 Å². The van der Waals surface area contributed by atoms with Crippen LogP contribution >= 0.6 is 22.7 Å². The molecular formula is C28H36N4O2S2. The molecule has 0 aromatic carbocycles. The van der Waals surface area contributed by atoms with Crippen LogP contribution in [0, 0.1) is 13.8 Å². The second kappa shape index (κ2) is 10.6. The van der Waals surface area contributed by atoms with Gasteiger partial charge in [-0.1, -0.05) is 13.2 Å². The molecule has 0 bridgehead atoms. The van der Waals surface area contributed by atoms with E-state index >= 15 is 0 Å². The lowest BCUT2D eigenvalue weighted by Gasteiger charge is -2.24. The van der Waals surface area contributed by atoms with Gasteiger partial charge in [0.05, 0.1) is 20.6 Å². The molecule has 0 N–H and O–H groups in total. The van der Waals surface area contributed by atoms with E-state index < -0.39 is 0 Å². The first-order valence-electron chi connectivity index (χ1n) is 12.8. The quantitative estimate of drug-likeness (QED) is 0.269. The number of aryl methyl sites for hydroxylation is 2. The van der Waals surface area contributed by atoms with E-state index in [0.717, 1.165) is 66.9 Å². The molecule has 6 nitrogen and oxygen atoms in total. The largest absolute Gasteiger partial charge is 0.356 e. The van der Waals surface area contributed by atoms with Gasteiger partial charge < -0.3 is 9.47 Å². The summed E-state index contributed by atoms with van der Waals surface area (Å²) >= 11 is 3.51. The molecule has 8 heteroatoms. The molecule has 4 aromatic heterocycles. The van der Waals surface area contributed by atoms with Crippen LogP contribution in [-0.2, 0) is 9.47 Å². The van der Waals surface area contributed by atoms with Gasteiger partial charge in [0, 0.05) is 13.2 Å². The number of allylic oxidation sites excluding steroid dienone is 2. The first-order chi connectivity index (χ1) is 17.4. The minimum atomic E-state index is 0.0875. The summed E-state index contributed by atoms with van der Waals surface area (Å²) in [4.78, 5) is 0. The molecule has 0 spiro atoms. The van der Waals surface area contributed by atoms with Gasteiger partial charge in [-0.25, -0.2) is 9.36 Å². The minimum absolute atomic E-state index is 0.0875. The highest BCUT2D eigenvalue weighted by Gasteiger charge is 2.24. The van der Waals surface area contributed by atoms with Crippen LogP contribution in [0.3, 0.4) is 0 Å². The first-order valence-corrected chi connectivity index (χ1v) is 14.6. The first kappa shape index (κ1) is 25.4. The summed E-state index contributed by atoms with van der Waals surface area (Å²) in [5, 5.41) is 13.8. The Labute approximate surface area is 221 Å². The Morgan fingerprint density at radius 1 is 0.833 bits per heavy atom. The third-order valence-corrected chi connectivity index (χ3v) is 9.04. The van der Waals surface area contributed by atoms with E-state index in [9.17, 15) is 0 Å². The van der Waals surface area contributed by atoms with Gasteiger partial charge in [-0.15, -0.1) is 22.7 Å². The van der Waals surface area contributed by atoms with Crippen LogP contribution in [-0.4, -0.2) is 32.8 Å². The van der Waals surface area contributed by atoms with E-state index in [4.69, 9.17) is 19.7 Å². The van der Waals surface area contributed by atoms with Crippen LogP contribution in [0.2, 0.25) is 0 Å². The zero-order valence-electron chi connectivity index (χ0n) is 21.8. The molecule has 192 valence electrons. The Balaban J connectivity index is 0.000000148. The molecule has 2 aliphatic rings. The maximum atomic E-state index is 5.86. The zero-order chi connectivity index (χ0) is 25.4. The van der Waals surface area contributed by atoms with Crippen molar-refractivity contribution in [3.05, 3.63) is 46.4 Å². The Morgan fingerprint density at radius 3 is 2.03 bits per heavy atom. The smallest absolute Gasteiger partial charge is 0.150 e. The molecular weight excluding hydrogens is 488 g/mol. The third kappa shape index (κ3) is 4.72. The molecule has 0 radical (unpaired) electrons. The summed E-state index contributed by atoms with van der Waals surface area (Å²) in [5.41, 5.74) is 9.12. The van der Waals surface area contributed by atoms with E-state index in [1.54, 1.807) is 22.7 Å². The highest BCUT2D eigenvalue weighted by atomic mass is 32.1. The number of ether oxygens (including phenoxy) is 2. The van der Waals surface area contributed by atoms with E-state index in [1.165, 1.54) is 38.9 Å². The molecule has 0 amide bonds. The van der Waals surface area contributed by atoms with Crippen LogP contribution in [0.5, 0.6) is 0 Å². The van der Waals surface area contributed by atoms with Crippen LogP contribution in [0.1, 0.15) is 87.3 Å². The average Bonchev–Trinajstić information content (AvgIpc) is 3.63. The normalized spacial score (nSPS) is 20.4. The molecule has 2 aliphatic heterocycles. The Hall–Kier alpha value is -2.26. The lowest BCUT2D eigenvalue weighted by molar-refractivity contribution is -0.0395. The number of rotatable bonds is 4. The summed E-state index contributed by atoms with van der Waals surface area (Å²) < 4.78 is 18.3. The van der Waals surface area contributed by atoms with Crippen molar-refractivity contribution in [3.63, 3.8) is 0 Å². The second-order valence-corrected chi connectivity index (χ2v) is 11.7. The van der Waals surface area contributed by atoms with Gasteiger partial charge in [0.2, 0.25) is 0 Å². The molecule has 4 aromatic rings. The molecule has 0 saturated carbocycles. The molecule has 36 heavy (non-hydrogen) atoms. The van der Waals surface area contributed by atoms with Gasteiger partial charge >= 0.3 is 0 Å². The van der Waals surface area contributed by atoms with E-state index in [-0.39, 0.29) is 12.5 Å². The molecule has 6 rings (SSSR count). The van der Waals surface area contributed by atoms with Gasteiger partial charge in [0.25, 0.3) is 0 Å². The van der Waals surface area contributed by atoms with Crippen molar-refractivity contribution >= 4 is 54.3 Å². The number of hydrogen-bond acceptors (Lipinski definition) is 6. The number of hydrogen-bond donors (Lipinski definition) is 0. The van der Waals surface area contributed by atoms with Crippen LogP contribution in [0.15, 0.2) is 23.9 Å². The Bertz CT molecular complexity index is 1390. The Kier molecular flexibility index (Phi) is 7.49. The van der Waals surface area contributed by atoms with Crippen molar-refractivity contribution in [1.82, 2.24) is 19.6 Å². The maximum absolute atomic E-state index is 5.86. The number of aromatic nitrogens is 4. The molecule has 2 unspecified atom stereocenters. The predicted octanol–water partition coefficient (Wildman–Crippen LogP) is 8.28. The van der Waals surface area contributed by atoms with Gasteiger partial charge in [0.15, 0.2) is 12.5 Å². The fraction of sp³-hybridized carbons (Fsp3) is 0.500. The SMILES string of the molecule is C=C(C)c1c2scc(C)c2nn1C1CCCCO1.C=C(C)c1nn(C2CCCCO2)c2c(C)csc12. The zero-order valence-corrected chi connectivity index (χ0v) is 23.4. The van der Waals surface area contributed by atoms with Gasteiger partial charge in [0.1, 0.15) is 11.2 Å². The summed E-state index contributed by atoms with van der Waals surface area (Å²) in [7, 11) is 0. The summed E-state index contributed by atoms with van der Waals surface area (Å²) in [6.45, 7) is 18.1. The number of thiophene rings is 2. The monoisotopic (exact) mass is 524 g/mol. The lowest BCUT2D eigenvalue weighted by Crippen LogP contribution is -2.20. The lowest BCUT2D eigenvalue weighted by atomic mass is 10.1. The van der Waals surface area contributed by atoms with Crippen molar-refractivity contribution in [3.8, 4) is 0 Å². The van der Waals surface area contributed by atoms with E-state index in [1.807, 2.05) is 13.8 Å². The Morgan fingerprint density at radius 2 is 1.44 bits per heavy atom. The second-order valence-electron chi connectivity index (χ2n) is 9.98. The van der Waals surface area contributed by atoms with Crippen molar-refractivity contribution in [1.29, 1.82) is 0 Å². The minimum Gasteiger partial charge on any atom is -0.356 e. The molecule has 6 heterocycles. The maximum Gasteiger partial charge on any atom is 0.150 e. The van der Waals surface area contributed by atoms with Crippen molar-refractivity contribution in [2.24, 2.45) is 0 Å². The topological polar surface area (TPSA) is 54.1 Å². The number of fused-ring (bicyclic) bond motifs is 2. The molecule has 2 atom stereocenters. The molecule has 0 aliphatic carbocycles. The van der Waals surface area contributed by atoms with E-state index in [2.05, 4.69) is 47.1 Å². The van der Waals surface area contributed by atoms with Crippen LogP contribution in [0.25, 0.3) is 31.6 Å². The fourth-order valence-electron chi connectivity index (χ4n) is 5.00. The highest BCUT2D eigenvalue weighted by molar-refractivity contribution is 7.18. The van der Waals surface area contributed by atoms with Crippen LogP contribution in [0.4, 0.5) is 0 Å².